The number of benzene rings is 1. The lowest BCUT2D eigenvalue weighted by Gasteiger charge is -2.03. The molecule has 0 unspecified atom stereocenters. The van der Waals surface area contributed by atoms with E-state index in [9.17, 15) is 4.79 Å². The number of hydrogen-bond donors (Lipinski definition) is 2. The quantitative estimate of drug-likeness (QED) is 0.872. The Morgan fingerprint density at radius 2 is 2.00 bits per heavy atom. The van der Waals surface area contributed by atoms with Crippen LogP contribution in [0.4, 0.5) is 0 Å². The van der Waals surface area contributed by atoms with Crippen molar-refractivity contribution >= 4 is 29.3 Å². The van der Waals surface area contributed by atoms with Gasteiger partial charge in [-0.25, -0.2) is 0 Å². The van der Waals surface area contributed by atoms with Gasteiger partial charge in [-0.3, -0.25) is 9.78 Å². The minimum atomic E-state index is -0.860. The Kier molecular flexibility index (Phi) is 4.87. The van der Waals surface area contributed by atoms with Crippen LogP contribution in [0.15, 0.2) is 36.4 Å². The molecule has 1 heterocycles. The maximum atomic E-state index is 10.3. The van der Waals surface area contributed by atoms with Crippen molar-refractivity contribution in [2.45, 2.75) is 6.54 Å². The summed E-state index contributed by atoms with van der Waals surface area (Å²) in [7, 11) is 0. The van der Waals surface area contributed by atoms with Crippen LogP contribution in [0.25, 0.3) is 10.9 Å². The lowest BCUT2D eigenvalue weighted by molar-refractivity contribution is -0.135. The number of hydrogen-bond acceptors (Lipinski definition) is 3. The summed E-state index contributed by atoms with van der Waals surface area (Å²) >= 11 is 0. The average molecular weight is 253 g/mol. The summed E-state index contributed by atoms with van der Waals surface area (Å²) < 4.78 is 0. The SMILES string of the molecule is Cl.O=C(O)CNCc1ccc2ccccc2n1. The van der Waals surface area contributed by atoms with Crippen molar-refractivity contribution < 1.29 is 9.90 Å². The largest absolute Gasteiger partial charge is 0.480 e. The highest BCUT2D eigenvalue weighted by atomic mass is 35.5. The highest BCUT2D eigenvalue weighted by Crippen LogP contribution is 2.11. The normalized spacial score (nSPS) is 9.88. The predicted molar refractivity (Wildman–Crippen MR) is 68.3 cm³/mol. The molecule has 2 rings (SSSR count). The van der Waals surface area contributed by atoms with E-state index in [1.807, 2.05) is 36.4 Å². The Hall–Kier alpha value is -1.65. The van der Waals surface area contributed by atoms with Gasteiger partial charge in [-0.15, -0.1) is 12.4 Å². The first kappa shape index (κ1) is 13.4. The zero-order valence-electron chi connectivity index (χ0n) is 9.09. The van der Waals surface area contributed by atoms with Crippen LogP contribution in [0.5, 0.6) is 0 Å². The van der Waals surface area contributed by atoms with Crippen LogP contribution in [0.2, 0.25) is 0 Å². The summed E-state index contributed by atoms with van der Waals surface area (Å²) in [4.78, 5) is 14.7. The van der Waals surface area contributed by atoms with Crippen molar-refractivity contribution in [3.63, 3.8) is 0 Å². The van der Waals surface area contributed by atoms with Crippen LogP contribution in [0.3, 0.4) is 0 Å². The third kappa shape index (κ3) is 3.69. The molecule has 1 aromatic carbocycles. The Morgan fingerprint density at radius 3 is 2.76 bits per heavy atom. The first-order valence-corrected chi connectivity index (χ1v) is 5.03. The molecule has 0 radical (unpaired) electrons. The number of para-hydroxylation sites is 1. The van der Waals surface area contributed by atoms with E-state index in [1.165, 1.54) is 0 Å². The number of nitrogens with zero attached hydrogens (tertiary/aromatic N) is 1. The van der Waals surface area contributed by atoms with E-state index >= 15 is 0 Å². The molecule has 0 aliphatic rings. The fourth-order valence-electron chi connectivity index (χ4n) is 1.50. The molecular weight excluding hydrogens is 240 g/mol. The summed E-state index contributed by atoms with van der Waals surface area (Å²) in [5, 5.41) is 12.4. The first-order valence-electron chi connectivity index (χ1n) is 5.03. The van der Waals surface area contributed by atoms with Crippen molar-refractivity contribution in [3.8, 4) is 0 Å². The van der Waals surface area contributed by atoms with Crippen molar-refractivity contribution in [2.24, 2.45) is 0 Å². The number of aliphatic carboxylic acids is 1. The van der Waals surface area contributed by atoms with Crippen molar-refractivity contribution in [3.05, 3.63) is 42.1 Å². The van der Waals surface area contributed by atoms with Gasteiger partial charge in [0.05, 0.1) is 17.8 Å². The molecule has 0 aliphatic carbocycles. The van der Waals surface area contributed by atoms with Gasteiger partial charge in [-0.1, -0.05) is 24.3 Å². The smallest absolute Gasteiger partial charge is 0.317 e. The molecule has 0 aliphatic heterocycles. The molecule has 1 aromatic heterocycles. The number of rotatable bonds is 4. The second-order valence-corrected chi connectivity index (χ2v) is 3.49. The second-order valence-electron chi connectivity index (χ2n) is 3.49. The highest BCUT2D eigenvalue weighted by molar-refractivity contribution is 5.85. The van der Waals surface area contributed by atoms with Crippen LogP contribution >= 0.6 is 12.4 Å². The Balaban J connectivity index is 0.00000144. The molecule has 4 nitrogen and oxygen atoms in total. The zero-order valence-corrected chi connectivity index (χ0v) is 9.91. The maximum absolute atomic E-state index is 10.3. The molecule has 90 valence electrons. The fourth-order valence-corrected chi connectivity index (χ4v) is 1.50. The van der Waals surface area contributed by atoms with Crippen LogP contribution in [-0.2, 0) is 11.3 Å². The predicted octanol–water partition coefficient (Wildman–Crippen LogP) is 1.83. The highest BCUT2D eigenvalue weighted by Gasteiger charge is 1.99. The molecule has 0 amide bonds. The van der Waals surface area contributed by atoms with Crippen molar-refractivity contribution in [1.82, 2.24) is 10.3 Å². The molecule has 2 aromatic rings. The van der Waals surface area contributed by atoms with Crippen LogP contribution in [0.1, 0.15) is 5.69 Å². The Bertz CT molecular complexity index is 517. The van der Waals surface area contributed by atoms with E-state index < -0.39 is 5.97 Å². The number of aromatic nitrogens is 1. The summed E-state index contributed by atoms with van der Waals surface area (Å²) in [6.07, 6.45) is 0. The zero-order chi connectivity index (χ0) is 11.4. The molecule has 2 N–H and O–H groups in total. The number of halogens is 1. The van der Waals surface area contributed by atoms with Gasteiger partial charge in [-0.05, 0) is 12.1 Å². The molecule has 0 bridgehead atoms. The average Bonchev–Trinajstić information content (AvgIpc) is 2.28. The van der Waals surface area contributed by atoms with Crippen molar-refractivity contribution in [1.29, 1.82) is 0 Å². The summed E-state index contributed by atoms with van der Waals surface area (Å²) in [5.74, 6) is -0.860. The van der Waals surface area contributed by atoms with Gasteiger partial charge in [0.15, 0.2) is 0 Å². The second kappa shape index (κ2) is 6.18. The molecule has 0 saturated heterocycles. The van der Waals surface area contributed by atoms with Gasteiger partial charge >= 0.3 is 5.97 Å². The van der Waals surface area contributed by atoms with Crippen LogP contribution < -0.4 is 5.32 Å². The summed E-state index contributed by atoms with van der Waals surface area (Å²) in [6, 6.07) is 11.7. The van der Waals surface area contributed by atoms with E-state index in [4.69, 9.17) is 5.11 Å². The van der Waals surface area contributed by atoms with Gasteiger partial charge in [0.25, 0.3) is 0 Å². The molecular formula is C12H13ClN2O2. The van der Waals surface area contributed by atoms with E-state index in [1.54, 1.807) is 0 Å². The fraction of sp³-hybridized carbons (Fsp3) is 0.167. The molecule has 0 fully saturated rings. The number of carboxylic acid groups (broad SMARTS) is 1. The topological polar surface area (TPSA) is 62.2 Å². The van der Waals surface area contributed by atoms with E-state index in [2.05, 4.69) is 10.3 Å². The minimum Gasteiger partial charge on any atom is -0.480 e. The standard InChI is InChI=1S/C12H12N2O2.ClH/c15-12(16)8-13-7-10-6-5-9-3-1-2-4-11(9)14-10;/h1-6,13H,7-8H2,(H,15,16);1H. The van der Waals surface area contributed by atoms with E-state index in [0.29, 0.717) is 6.54 Å². The third-order valence-corrected chi connectivity index (χ3v) is 2.24. The van der Waals surface area contributed by atoms with Gasteiger partial charge in [0.1, 0.15) is 0 Å². The molecule has 0 spiro atoms. The monoisotopic (exact) mass is 252 g/mol. The first-order chi connectivity index (χ1) is 7.75. The minimum absolute atomic E-state index is 0. The molecule has 17 heavy (non-hydrogen) atoms. The van der Waals surface area contributed by atoms with Gasteiger partial charge < -0.3 is 10.4 Å². The van der Waals surface area contributed by atoms with E-state index in [-0.39, 0.29) is 19.0 Å². The van der Waals surface area contributed by atoms with Gasteiger partial charge in [-0.2, -0.15) is 0 Å². The number of carbonyl (C=O) groups is 1. The van der Waals surface area contributed by atoms with Crippen molar-refractivity contribution in [2.75, 3.05) is 6.54 Å². The van der Waals surface area contributed by atoms with Gasteiger partial charge in [0, 0.05) is 11.9 Å². The lowest BCUT2D eigenvalue weighted by atomic mass is 10.2. The number of carboxylic acids is 1. The van der Waals surface area contributed by atoms with Gasteiger partial charge in [0.2, 0.25) is 0 Å². The number of fused-ring (bicyclic) bond motifs is 1. The number of nitrogens with one attached hydrogen (secondary N) is 1. The molecule has 5 heteroatoms. The lowest BCUT2D eigenvalue weighted by Crippen LogP contribution is -2.22. The van der Waals surface area contributed by atoms with E-state index in [0.717, 1.165) is 16.6 Å². The Labute approximate surface area is 105 Å². The van der Waals surface area contributed by atoms with Crippen LogP contribution in [-0.4, -0.2) is 22.6 Å². The maximum Gasteiger partial charge on any atom is 0.317 e. The molecule has 0 atom stereocenters. The third-order valence-electron chi connectivity index (χ3n) is 2.24. The summed E-state index contributed by atoms with van der Waals surface area (Å²) in [5.41, 5.74) is 1.78. The Morgan fingerprint density at radius 1 is 1.24 bits per heavy atom. The summed E-state index contributed by atoms with van der Waals surface area (Å²) in [6.45, 7) is 0.422. The number of pyridine rings is 1. The molecule has 0 saturated carbocycles. The van der Waals surface area contributed by atoms with Crippen LogP contribution in [0, 0.1) is 0 Å².